The Labute approximate surface area is 223 Å². The molecule has 5 aromatic rings. The number of rotatable bonds is 9. The molecule has 3 aromatic heterocycles. The number of aromatic amines is 1. The fourth-order valence-electron chi connectivity index (χ4n) is 5.64. The summed E-state index contributed by atoms with van der Waals surface area (Å²) < 4.78 is 13.6. The quantitative estimate of drug-likeness (QED) is 0.276. The number of ether oxygens (including phenoxy) is 2. The van der Waals surface area contributed by atoms with Crippen molar-refractivity contribution in [3.8, 4) is 22.8 Å². The number of piperidine rings is 1. The summed E-state index contributed by atoms with van der Waals surface area (Å²) in [5, 5.41) is 6.05. The molecule has 38 heavy (non-hydrogen) atoms. The standard InChI is InChI=1S/C31H35N5O2/c1-37-29-18-25-26(27-17-23-9-6-12-33-31(23)34-27)21-36(28(25)19-30(29)38-2)16-13-32-24-10-14-35(15-11-24)20-22-7-4-3-5-8-22/h3-9,12,17-19,21,24,32H,10-11,13-16,20H2,1-2H3,(H,33,34). The molecule has 7 nitrogen and oxygen atoms in total. The highest BCUT2D eigenvalue weighted by molar-refractivity contribution is 5.99. The highest BCUT2D eigenvalue weighted by atomic mass is 16.5. The molecule has 0 saturated carbocycles. The molecule has 2 aromatic carbocycles. The van der Waals surface area contributed by atoms with Crippen LogP contribution in [0.2, 0.25) is 0 Å². The van der Waals surface area contributed by atoms with E-state index in [0.717, 1.165) is 77.4 Å². The first-order chi connectivity index (χ1) is 18.7. The van der Waals surface area contributed by atoms with E-state index in [2.05, 4.69) is 85.5 Å². The van der Waals surface area contributed by atoms with Crippen molar-refractivity contribution in [2.45, 2.75) is 32.0 Å². The van der Waals surface area contributed by atoms with Crippen molar-refractivity contribution in [3.05, 3.63) is 78.6 Å². The molecule has 2 N–H and O–H groups in total. The SMILES string of the molecule is COc1cc2c(-c3cc4cccnc4[nH]3)cn(CCNC3CCN(Cc4ccccc4)CC3)c2cc1OC. The zero-order chi connectivity index (χ0) is 25.9. The van der Waals surface area contributed by atoms with Gasteiger partial charge in [-0.3, -0.25) is 4.90 Å². The second-order valence-corrected chi connectivity index (χ2v) is 10.1. The van der Waals surface area contributed by atoms with Gasteiger partial charge < -0.3 is 24.3 Å². The largest absolute Gasteiger partial charge is 0.493 e. The highest BCUT2D eigenvalue weighted by Crippen LogP contribution is 2.38. The third kappa shape index (κ3) is 4.99. The van der Waals surface area contributed by atoms with E-state index in [-0.39, 0.29) is 0 Å². The Bertz CT molecular complexity index is 1480. The lowest BCUT2D eigenvalue weighted by Crippen LogP contribution is -2.42. The molecule has 6 rings (SSSR count). The minimum atomic E-state index is 0.553. The van der Waals surface area contributed by atoms with Crippen molar-refractivity contribution in [1.82, 2.24) is 24.8 Å². The van der Waals surface area contributed by atoms with Crippen molar-refractivity contribution in [2.24, 2.45) is 0 Å². The molecule has 0 aliphatic carbocycles. The molecule has 4 heterocycles. The van der Waals surface area contributed by atoms with E-state index in [4.69, 9.17) is 9.47 Å². The normalized spacial score (nSPS) is 14.9. The number of aromatic nitrogens is 3. The van der Waals surface area contributed by atoms with E-state index in [1.165, 1.54) is 18.4 Å². The van der Waals surface area contributed by atoms with Crippen LogP contribution in [0.1, 0.15) is 18.4 Å². The number of nitrogens with zero attached hydrogens (tertiary/aromatic N) is 3. The molecule has 1 aliphatic rings. The lowest BCUT2D eigenvalue weighted by atomic mass is 10.0. The number of fused-ring (bicyclic) bond motifs is 2. The molecule has 0 amide bonds. The molecule has 0 radical (unpaired) electrons. The van der Waals surface area contributed by atoms with Gasteiger partial charge in [-0.25, -0.2) is 4.98 Å². The average molecular weight is 510 g/mol. The molecule has 1 saturated heterocycles. The van der Waals surface area contributed by atoms with Gasteiger partial charge in [0.05, 0.1) is 19.7 Å². The van der Waals surface area contributed by atoms with Crippen molar-refractivity contribution < 1.29 is 9.47 Å². The van der Waals surface area contributed by atoms with Crippen LogP contribution in [0.4, 0.5) is 0 Å². The number of hydrogen-bond donors (Lipinski definition) is 2. The number of benzene rings is 2. The minimum absolute atomic E-state index is 0.553. The number of H-pyrrole nitrogens is 1. The van der Waals surface area contributed by atoms with E-state index in [9.17, 15) is 0 Å². The Balaban J connectivity index is 1.17. The van der Waals surface area contributed by atoms with Gasteiger partial charge in [0, 0.05) is 66.2 Å². The molecular weight excluding hydrogens is 474 g/mol. The van der Waals surface area contributed by atoms with Crippen molar-refractivity contribution in [1.29, 1.82) is 0 Å². The van der Waals surface area contributed by atoms with Crippen LogP contribution >= 0.6 is 0 Å². The van der Waals surface area contributed by atoms with Gasteiger partial charge in [-0.1, -0.05) is 30.3 Å². The van der Waals surface area contributed by atoms with Crippen LogP contribution in [0, 0.1) is 0 Å². The number of nitrogens with one attached hydrogen (secondary N) is 2. The van der Waals surface area contributed by atoms with Gasteiger partial charge in [-0.2, -0.15) is 0 Å². The summed E-state index contributed by atoms with van der Waals surface area (Å²) in [4.78, 5) is 10.5. The Morgan fingerprint density at radius 3 is 2.53 bits per heavy atom. The molecule has 1 aliphatic heterocycles. The molecule has 0 unspecified atom stereocenters. The molecule has 0 bridgehead atoms. The van der Waals surface area contributed by atoms with Gasteiger partial charge in [-0.05, 0) is 55.8 Å². The van der Waals surface area contributed by atoms with Crippen LogP contribution in [-0.2, 0) is 13.1 Å². The fourth-order valence-corrected chi connectivity index (χ4v) is 5.64. The summed E-state index contributed by atoms with van der Waals surface area (Å²) in [5.74, 6) is 1.47. The summed E-state index contributed by atoms with van der Waals surface area (Å²) in [7, 11) is 3.37. The van der Waals surface area contributed by atoms with Crippen LogP contribution in [0.25, 0.3) is 33.2 Å². The molecule has 196 valence electrons. The number of likely N-dealkylation sites (tertiary alicyclic amines) is 1. The number of hydrogen-bond acceptors (Lipinski definition) is 5. The highest BCUT2D eigenvalue weighted by Gasteiger charge is 2.20. The molecule has 7 heteroatoms. The van der Waals surface area contributed by atoms with E-state index < -0.39 is 0 Å². The van der Waals surface area contributed by atoms with Crippen LogP contribution < -0.4 is 14.8 Å². The van der Waals surface area contributed by atoms with E-state index in [1.54, 1.807) is 14.2 Å². The van der Waals surface area contributed by atoms with Gasteiger partial charge >= 0.3 is 0 Å². The fraction of sp³-hybridized carbons (Fsp3) is 0.323. The van der Waals surface area contributed by atoms with Crippen molar-refractivity contribution in [3.63, 3.8) is 0 Å². The van der Waals surface area contributed by atoms with E-state index in [0.29, 0.717) is 6.04 Å². The Morgan fingerprint density at radius 1 is 0.974 bits per heavy atom. The van der Waals surface area contributed by atoms with Gasteiger partial charge in [-0.15, -0.1) is 0 Å². The average Bonchev–Trinajstić information content (AvgIpc) is 3.55. The van der Waals surface area contributed by atoms with E-state index >= 15 is 0 Å². The Morgan fingerprint density at radius 2 is 1.76 bits per heavy atom. The second kappa shape index (κ2) is 10.9. The molecular formula is C31H35N5O2. The molecule has 0 atom stereocenters. The Kier molecular flexibility index (Phi) is 7.03. The molecule has 0 spiro atoms. The smallest absolute Gasteiger partial charge is 0.162 e. The maximum atomic E-state index is 5.64. The second-order valence-electron chi connectivity index (χ2n) is 10.1. The summed E-state index contributed by atoms with van der Waals surface area (Å²) >= 11 is 0. The first kappa shape index (κ1) is 24.5. The maximum Gasteiger partial charge on any atom is 0.162 e. The predicted octanol–water partition coefficient (Wildman–Crippen LogP) is 5.46. The topological polar surface area (TPSA) is 67.3 Å². The number of pyridine rings is 1. The van der Waals surface area contributed by atoms with Gasteiger partial charge in [0.2, 0.25) is 0 Å². The zero-order valence-electron chi connectivity index (χ0n) is 22.1. The summed E-state index contributed by atoms with van der Waals surface area (Å²) in [6, 6.07) is 21.7. The van der Waals surface area contributed by atoms with Crippen LogP contribution in [0.15, 0.2) is 73.1 Å². The monoisotopic (exact) mass is 509 g/mol. The van der Waals surface area contributed by atoms with Crippen molar-refractivity contribution in [2.75, 3.05) is 33.9 Å². The third-order valence-corrected chi connectivity index (χ3v) is 7.69. The maximum absolute atomic E-state index is 5.64. The van der Waals surface area contributed by atoms with Crippen LogP contribution in [-0.4, -0.2) is 59.3 Å². The summed E-state index contributed by atoms with van der Waals surface area (Å²) in [6.45, 7) is 5.09. The first-order valence-corrected chi connectivity index (χ1v) is 13.4. The minimum Gasteiger partial charge on any atom is -0.493 e. The lowest BCUT2D eigenvalue weighted by molar-refractivity contribution is 0.190. The first-order valence-electron chi connectivity index (χ1n) is 13.4. The lowest BCUT2D eigenvalue weighted by Gasteiger charge is -2.32. The predicted molar refractivity (Wildman–Crippen MR) is 153 cm³/mol. The summed E-state index contributed by atoms with van der Waals surface area (Å²) in [6.07, 6.45) is 6.41. The summed E-state index contributed by atoms with van der Waals surface area (Å²) in [5.41, 5.74) is 5.60. The third-order valence-electron chi connectivity index (χ3n) is 7.69. The molecule has 1 fully saturated rings. The van der Waals surface area contributed by atoms with Crippen LogP contribution in [0.3, 0.4) is 0 Å². The van der Waals surface area contributed by atoms with Gasteiger partial charge in [0.1, 0.15) is 5.65 Å². The van der Waals surface area contributed by atoms with Gasteiger partial charge in [0.15, 0.2) is 11.5 Å². The Hall–Kier alpha value is -3.81. The zero-order valence-corrected chi connectivity index (χ0v) is 22.1. The van der Waals surface area contributed by atoms with Gasteiger partial charge in [0.25, 0.3) is 0 Å². The number of methoxy groups -OCH3 is 2. The van der Waals surface area contributed by atoms with Crippen LogP contribution in [0.5, 0.6) is 11.5 Å². The van der Waals surface area contributed by atoms with E-state index in [1.807, 2.05) is 12.3 Å². The van der Waals surface area contributed by atoms with Crippen molar-refractivity contribution >= 4 is 21.9 Å².